The molecule has 0 amide bonds. The highest BCUT2D eigenvalue weighted by Crippen LogP contribution is 1.99. The molecule has 0 rings (SSSR count). The van der Waals surface area contributed by atoms with Crippen molar-refractivity contribution in [3.8, 4) is 0 Å². The van der Waals surface area contributed by atoms with Gasteiger partial charge in [-0.1, -0.05) is 13.0 Å². The van der Waals surface area contributed by atoms with Crippen molar-refractivity contribution in [2.24, 2.45) is 0 Å². The number of hydrogen-bond donors (Lipinski definition) is 0. The Morgan fingerprint density at radius 2 is 2.00 bits per heavy atom. The van der Waals surface area contributed by atoms with Gasteiger partial charge < -0.3 is 0 Å². The molecule has 0 aromatic rings. The van der Waals surface area contributed by atoms with Gasteiger partial charge in [0.25, 0.3) is 0 Å². The van der Waals surface area contributed by atoms with Crippen molar-refractivity contribution in [1.82, 2.24) is 0 Å². The average Bonchev–Trinajstić information content (AvgIpc) is 1.98. The molecule has 0 heterocycles. The summed E-state index contributed by atoms with van der Waals surface area (Å²) in [6.45, 7) is 1.92. The number of rotatable bonds is 4. The molecule has 0 atom stereocenters. The third kappa shape index (κ3) is 3.78. The van der Waals surface area contributed by atoms with E-state index in [1.807, 2.05) is 6.92 Å². The average molecular weight is 138 g/mol. The minimum atomic E-state index is 0.689. The Labute approximate surface area is 60.2 Å². The zero-order valence-corrected chi connectivity index (χ0v) is 5.91. The Balaban J connectivity index is 4.06. The van der Waals surface area contributed by atoms with Crippen LogP contribution in [0.5, 0.6) is 0 Å². The van der Waals surface area contributed by atoms with Crippen LogP contribution in [0.3, 0.4) is 0 Å². The third-order valence-corrected chi connectivity index (χ3v) is 1.08. The van der Waals surface area contributed by atoms with Crippen molar-refractivity contribution in [2.75, 3.05) is 0 Å². The quantitative estimate of drug-likeness (QED) is 0.333. The van der Waals surface area contributed by atoms with Gasteiger partial charge in [0.1, 0.15) is 12.6 Å². The molecule has 0 saturated carbocycles. The van der Waals surface area contributed by atoms with E-state index in [9.17, 15) is 9.59 Å². The highest BCUT2D eigenvalue weighted by atomic mass is 16.1. The smallest absolute Gasteiger partial charge is 0.143 e. The van der Waals surface area contributed by atoms with Gasteiger partial charge in [0, 0.05) is 0 Å². The maximum absolute atomic E-state index is 9.94. The van der Waals surface area contributed by atoms with Gasteiger partial charge in [-0.05, 0) is 24.1 Å². The molecule has 0 aromatic carbocycles. The Hall–Kier alpha value is -1.18. The molecule has 0 saturated heterocycles. The molecule has 0 fully saturated rings. The lowest BCUT2D eigenvalue weighted by molar-refractivity contribution is -0.104. The Bertz CT molecular complexity index is 166. The van der Waals surface area contributed by atoms with Gasteiger partial charge in [0.2, 0.25) is 0 Å². The summed E-state index contributed by atoms with van der Waals surface area (Å²) < 4.78 is 0. The summed E-state index contributed by atoms with van der Waals surface area (Å²) >= 11 is 0. The molecule has 2 nitrogen and oxygen atoms in total. The Morgan fingerprint density at radius 1 is 1.30 bits per heavy atom. The fourth-order valence-electron chi connectivity index (χ4n) is 0.542. The van der Waals surface area contributed by atoms with Gasteiger partial charge in [-0.2, -0.15) is 0 Å². The SMILES string of the molecule is CCC(C=CC=O)=CC=O. The van der Waals surface area contributed by atoms with Crippen LogP contribution in [0.15, 0.2) is 23.8 Å². The molecule has 0 bridgehead atoms. The van der Waals surface area contributed by atoms with Gasteiger partial charge in [-0.3, -0.25) is 9.59 Å². The number of allylic oxidation sites excluding steroid dienone is 4. The lowest BCUT2D eigenvalue weighted by atomic mass is 10.2. The summed E-state index contributed by atoms with van der Waals surface area (Å²) in [5, 5.41) is 0. The van der Waals surface area contributed by atoms with E-state index in [0.29, 0.717) is 12.6 Å². The standard InChI is InChI=1S/C8H10O2/c1-2-8(5-7-10)4-3-6-9/h3-7H,2H2,1H3. The van der Waals surface area contributed by atoms with E-state index in [1.54, 1.807) is 6.08 Å². The number of hydrogen-bond acceptors (Lipinski definition) is 2. The summed E-state index contributed by atoms with van der Waals surface area (Å²) in [6.07, 6.45) is 6.62. The predicted molar refractivity (Wildman–Crippen MR) is 39.6 cm³/mol. The first-order chi connectivity index (χ1) is 4.85. The lowest BCUT2D eigenvalue weighted by Gasteiger charge is -1.89. The topological polar surface area (TPSA) is 34.1 Å². The summed E-state index contributed by atoms with van der Waals surface area (Å²) in [4.78, 5) is 19.8. The van der Waals surface area contributed by atoms with Crippen LogP contribution in [-0.4, -0.2) is 12.6 Å². The van der Waals surface area contributed by atoms with Crippen LogP contribution in [0, 0.1) is 0 Å². The second kappa shape index (κ2) is 5.95. The van der Waals surface area contributed by atoms with E-state index in [4.69, 9.17) is 0 Å². The van der Waals surface area contributed by atoms with Gasteiger partial charge in [-0.15, -0.1) is 0 Å². The van der Waals surface area contributed by atoms with Crippen molar-refractivity contribution < 1.29 is 9.59 Å². The Kier molecular flexibility index (Phi) is 5.25. The lowest BCUT2D eigenvalue weighted by Crippen LogP contribution is -1.75. The minimum Gasteiger partial charge on any atom is -0.299 e. The summed E-state index contributed by atoms with van der Waals surface area (Å²) in [5.41, 5.74) is 0.863. The van der Waals surface area contributed by atoms with Crippen LogP contribution in [0.1, 0.15) is 13.3 Å². The first-order valence-electron chi connectivity index (χ1n) is 3.11. The molecule has 0 aliphatic carbocycles. The number of carbonyl (C=O) groups excluding carboxylic acids is 2. The molecule has 0 N–H and O–H groups in total. The van der Waals surface area contributed by atoms with Crippen LogP contribution in [0.2, 0.25) is 0 Å². The van der Waals surface area contributed by atoms with Crippen molar-refractivity contribution >= 4 is 12.6 Å². The molecule has 0 spiro atoms. The fourth-order valence-corrected chi connectivity index (χ4v) is 0.542. The highest BCUT2D eigenvalue weighted by Gasteiger charge is 1.83. The van der Waals surface area contributed by atoms with E-state index in [2.05, 4.69) is 0 Å². The molecule has 0 aromatic heterocycles. The van der Waals surface area contributed by atoms with E-state index in [1.165, 1.54) is 12.2 Å². The van der Waals surface area contributed by atoms with E-state index in [0.717, 1.165) is 12.0 Å². The predicted octanol–water partition coefficient (Wildman–Crippen LogP) is 1.28. The first-order valence-corrected chi connectivity index (χ1v) is 3.11. The summed E-state index contributed by atoms with van der Waals surface area (Å²) in [5.74, 6) is 0. The molecule has 2 heteroatoms. The van der Waals surface area contributed by atoms with Gasteiger partial charge in [0.15, 0.2) is 0 Å². The normalized spacial score (nSPS) is 11.9. The third-order valence-electron chi connectivity index (χ3n) is 1.08. The van der Waals surface area contributed by atoms with Crippen molar-refractivity contribution in [3.05, 3.63) is 23.8 Å². The molecule has 0 unspecified atom stereocenters. The van der Waals surface area contributed by atoms with Crippen molar-refractivity contribution in [3.63, 3.8) is 0 Å². The molecular weight excluding hydrogens is 128 g/mol. The first kappa shape index (κ1) is 8.82. The maximum atomic E-state index is 9.94. The molecule has 54 valence electrons. The van der Waals surface area contributed by atoms with Crippen molar-refractivity contribution in [2.45, 2.75) is 13.3 Å². The molecule has 0 aliphatic heterocycles. The second-order valence-corrected chi connectivity index (χ2v) is 1.73. The number of carbonyl (C=O) groups is 2. The van der Waals surface area contributed by atoms with Crippen molar-refractivity contribution in [1.29, 1.82) is 0 Å². The Morgan fingerprint density at radius 3 is 2.40 bits per heavy atom. The molecule has 0 radical (unpaired) electrons. The van der Waals surface area contributed by atoms with Crippen LogP contribution in [-0.2, 0) is 9.59 Å². The summed E-state index contributed by atoms with van der Waals surface area (Å²) in [6, 6.07) is 0. The molecule has 10 heavy (non-hydrogen) atoms. The fraction of sp³-hybridized carbons (Fsp3) is 0.250. The van der Waals surface area contributed by atoms with Crippen LogP contribution < -0.4 is 0 Å². The maximum Gasteiger partial charge on any atom is 0.143 e. The van der Waals surface area contributed by atoms with Crippen LogP contribution >= 0.6 is 0 Å². The second-order valence-electron chi connectivity index (χ2n) is 1.73. The van der Waals surface area contributed by atoms with Crippen LogP contribution in [0.25, 0.3) is 0 Å². The van der Waals surface area contributed by atoms with E-state index in [-0.39, 0.29) is 0 Å². The van der Waals surface area contributed by atoms with Gasteiger partial charge in [-0.25, -0.2) is 0 Å². The largest absolute Gasteiger partial charge is 0.299 e. The minimum absolute atomic E-state index is 0.689. The summed E-state index contributed by atoms with van der Waals surface area (Å²) in [7, 11) is 0. The number of aldehydes is 2. The molecule has 0 aliphatic rings. The van der Waals surface area contributed by atoms with Gasteiger partial charge in [0.05, 0.1) is 0 Å². The van der Waals surface area contributed by atoms with Gasteiger partial charge >= 0.3 is 0 Å². The van der Waals surface area contributed by atoms with E-state index < -0.39 is 0 Å². The molecular formula is C8H10O2. The monoisotopic (exact) mass is 138 g/mol. The zero-order chi connectivity index (χ0) is 7.82. The van der Waals surface area contributed by atoms with Crippen LogP contribution in [0.4, 0.5) is 0 Å². The zero-order valence-electron chi connectivity index (χ0n) is 5.91. The van der Waals surface area contributed by atoms with E-state index >= 15 is 0 Å². The highest BCUT2D eigenvalue weighted by molar-refractivity contribution is 5.70.